The van der Waals surface area contributed by atoms with Gasteiger partial charge in [0.15, 0.2) is 5.75 Å². The summed E-state index contributed by atoms with van der Waals surface area (Å²) in [4.78, 5) is 20.4. The normalized spacial score (nSPS) is 11.9. The Morgan fingerprint density at radius 3 is 2.52 bits per heavy atom. The second-order valence-electron chi connectivity index (χ2n) is 6.81. The smallest absolute Gasteiger partial charge is 0.251 e. The molecule has 1 amide bonds. The maximum atomic E-state index is 12.4. The van der Waals surface area contributed by atoms with E-state index < -0.39 is 0 Å². The van der Waals surface area contributed by atoms with Crippen LogP contribution in [0.1, 0.15) is 48.4 Å². The lowest BCUT2D eigenvalue weighted by Crippen LogP contribution is -2.26. The van der Waals surface area contributed by atoms with E-state index in [1.807, 2.05) is 26.0 Å². The molecule has 2 aromatic rings. The minimum atomic E-state index is -0.253. The van der Waals surface area contributed by atoms with Crippen LogP contribution >= 0.6 is 0 Å². The molecular formula is C20H26FN3O3. The Bertz CT molecular complexity index is 751. The molecule has 0 saturated carbocycles. The zero-order chi connectivity index (χ0) is 19.8. The average Bonchev–Trinajstić information content (AvgIpc) is 2.64. The number of halogens is 1. The predicted molar refractivity (Wildman–Crippen MR) is 102 cm³/mol. The largest absolute Gasteiger partial charge is 0.361 e. The van der Waals surface area contributed by atoms with Gasteiger partial charge < -0.3 is 15.4 Å². The van der Waals surface area contributed by atoms with Crippen LogP contribution in [0.15, 0.2) is 36.4 Å². The average molecular weight is 375 g/mol. The molecule has 1 unspecified atom stereocenters. The number of carbonyl (C=O) groups excluding carboxylic acids is 1. The van der Waals surface area contributed by atoms with E-state index >= 15 is 0 Å². The third-order valence-corrected chi connectivity index (χ3v) is 3.84. The molecule has 2 rings (SSSR count). The highest BCUT2D eigenvalue weighted by Crippen LogP contribution is 2.19. The maximum absolute atomic E-state index is 12.4. The molecule has 7 heteroatoms. The summed E-state index contributed by atoms with van der Waals surface area (Å²) in [5, 5.41) is 6.06. The Hall–Kier alpha value is -2.67. The quantitative estimate of drug-likeness (QED) is 0.508. The second kappa shape index (κ2) is 9.87. The van der Waals surface area contributed by atoms with Gasteiger partial charge in [-0.15, -0.1) is 0 Å². The molecule has 1 aromatic carbocycles. The van der Waals surface area contributed by atoms with Crippen molar-refractivity contribution in [1.29, 1.82) is 0 Å². The van der Waals surface area contributed by atoms with Gasteiger partial charge in [-0.1, -0.05) is 13.8 Å². The first-order valence-electron chi connectivity index (χ1n) is 8.88. The molecule has 1 aromatic heterocycles. The van der Waals surface area contributed by atoms with Gasteiger partial charge in [-0.2, -0.15) is 0 Å². The van der Waals surface area contributed by atoms with Gasteiger partial charge in [0.25, 0.3) is 5.91 Å². The van der Waals surface area contributed by atoms with Crippen molar-refractivity contribution in [2.75, 3.05) is 18.7 Å². The number of aryl methyl sites for hydroxylation is 1. The lowest BCUT2D eigenvalue weighted by molar-refractivity contribution is -0.00621. The molecule has 2 N–H and O–H groups in total. The van der Waals surface area contributed by atoms with Crippen molar-refractivity contribution in [3.8, 4) is 5.75 Å². The van der Waals surface area contributed by atoms with Crippen LogP contribution in [0.3, 0.4) is 0 Å². The molecule has 0 aliphatic rings. The van der Waals surface area contributed by atoms with Crippen LogP contribution in [0.4, 0.5) is 10.3 Å². The number of nitrogens with one attached hydrogen (secondary N) is 2. The van der Waals surface area contributed by atoms with Crippen molar-refractivity contribution < 1.29 is 19.0 Å². The first-order valence-corrected chi connectivity index (χ1v) is 8.88. The standard InChI is InChI=1S/C20H26FN3O3/c1-13(2)11-26-12-22-19-10-17(9-14(3)23-19)15(4)24-20(25)16-5-7-18(27-21)8-6-16/h5-10,13,15H,11-12H2,1-4H3,(H,22,23)(H,24,25). The molecule has 0 fully saturated rings. The molecule has 146 valence electrons. The highest BCUT2D eigenvalue weighted by Gasteiger charge is 2.13. The van der Waals surface area contributed by atoms with Crippen LogP contribution < -0.4 is 15.6 Å². The Labute approximate surface area is 159 Å². The van der Waals surface area contributed by atoms with Crippen molar-refractivity contribution in [3.05, 3.63) is 53.2 Å². The van der Waals surface area contributed by atoms with E-state index in [1.54, 1.807) is 0 Å². The maximum Gasteiger partial charge on any atom is 0.251 e. The van der Waals surface area contributed by atoms with Crippen LogP contribution in [-0.4, -0.2) is 24.2 Å². The predicted octanol–water partition coefficient (Wildman–Crippen LogP) is 4.19. The van der Waals surface area contributed by atoms with Crippen molar-refractivity contribution in [2.24, 2.45) is 5.92 Å². The van der Waals surface area contributed by atoms with E-state index in [2.05, 4.69) is 34.4 Å². The molecule has 0 aliphatic heterocycles. The number of pyridine rings is 1. The lowest BCUT2D eigenvalue weighted by Gasteiger charge is -2.17. The third-order valence-electron chi connectivity index (χ3n) is 3.84. The molecule has 0 radical (unpaired) electrons. The Morgan fingerprint density at radius 1 is 1.19 bits per heavy atom. The fraction of sp³-hybridized carbons (Fsp3) is 0.400. The summed E-state index contributed by atoms with van der Waals surface area (Å²) in [6.45, 7) is 9.01. The molecule has 0 aliphatic carbocycles. The number of hydrogen-bond acceptors (Lipinski definition) is 5. The van der Waals surface area contributed by atoms with Gasteiger partial charge in [-0.05, 0) is 61.7 Å². The van der Waals surface area contributed by atoms with E-state index in [0.29, 0.717) is 30.6 Å². The van der Waals surface area contributed by atoms with Gasteiger partial charge in [0.05, 0.1) is 12.6 Å². The number of ether oxygens (including phenoxy) is 1. The highest BCUT2D eigenvalue weighted by atomic mass is 19.3. The van der Waals surface area contributed by atoms with Gasteiger partial charge in [0.1, 0.15) is 12.5 Å². The molecule has 0 saturated heterocycles. The number of hydrogen-bond donors (Lipinski definition) is 2. The second-order valence-corrected chi connectivity index (χ2v) is 6.81. The Balaban J connectivity index is 1.99. The summed E-state index contributed by atoms with van der Waals surface area (Å²) in [6, 6.07) is 9.39. The van der Waals surface area contributed by atoms with E-state index in [4.69, 9.17) is 4.74 Å². The third kappa shape index (κ3) is 6.53. The summed E-state index contributed by atoms with van der Waals surface area (Å²) < 4.78 is 17.6. The summed E-state index contributed by atoms with van der Waals surface area (Å²) in [5.74, 6) is 0.963. The minimum absolute atomic E-state index is 0.0553. The van der Waals surface area contributed by atoms with Crippen molar-refractivity contribution in [3.63, 3.8) is 0 Å². The van der Waals surface area contributed by atoms with E-state index in [0.717, 1.165) is 11.3 Å². The van der Waals surface area contributed by atoms with Crippen LogP contribution in [0.2, 0.25) is 0 Å². The van der Waals surface area contributed by atoms with Crippen LogP contribution in [0.5, 0.6) is 5.75 Å². The first kappa shape index (κ1) is 20.6. The molecule has 1 atom stereocenters. The molecule has 0 spiro atoms. The van der Waals surface area contributed by atoms with E-state index in [1.165, 1.54) is 24.3 Å². The fourth-order valence-corrected chi connectivity index (χ4v) is 2.48. The summed E-state index contributed by atoms with van der Waals surface area (Å²) >= 11 is 0. The summed E-state index contributed by atoms with van der Waals surface area (Å²) in [5.41, 5.74) is 2.18. The lowest BCUT2D eigenvalue weighted by atomic mass is 10.1. The molecule has 1 heterocycles. The van der Waals surface area contributed by atoms with Gasteiger partial charge in [0, 0.05) is 15.8 Å². The number of amides is 1. The summed E-state index contributed by atoms with van der Waals surface area (Å²) in [7, 11) is 0. The highest BCUT2D eigenvalue weighted by molar-refractivity contribution is 5.94. The number of nitrogens with zero attached hydrogens (tertiary/aromatic N) is 1. The van der Waals surface area contributed by atoms with Crippen molar-refractivity contribution >= 4 is 11.7 Å². The number of aromatic nitrogens is 1. The first-order chi connectivity index (χ1) is 12.9. The Morgan fingerprint density at radius 2 is 1.89 bits per heavy atom. The van der Waals surface area contributed by atoms with Gasteiger partial charge in [-0.25, -0.2) is 4.98 Å². The zero-order valence-corrected chi connectivity index (χ0v) is 16.1. The number of benzene rings is 1. The van der Waals surface area contributed by atoms with Crippen LogP contribution in [-0.2, 0) is 4.74 Å². The van der Waals surface area contributed by atoms with Gasteiger partial charge in [0.2, 0.25) is 0 Å². The van der Waals surface area contributed by atoms with Crippen molar-refractivity contribution in [1.82, 2.24) is 10.3 Å². The molecule has 27 heavy (non-hydrogen) atoms. The number of anilines is 1. The Kier molecular flexibility index (Phi) is 7.55. The van der Waals surface area contributed by atoms with E-state index in [9.17, 15) is 9.32 Å². The SMILES string of the molecule is Cc1cc(C(C)NC(=O)c2ccc(OF)cc2)cc(NCOCC(C)C)n1. The van der Waals surface area contributed by atoms with Crippen LogP contribution in [0.25, 0.3) is 0 Å². The molecular weight excluding hydrogens is 349 g/mol. The fourth-order valence-electron chi connectivity index (χ4n) is 2.48. The van der Waals surface area contributed by atoms with Crippen LogP contribution in [0, 0.1) is 12.8 Å². The minimum Gasteiger partial charge on any atom is -0.361 e. The number of rotatable bonds is 9. The van der Waals surface area contributed by atoms with Crippen molar-refractivity contribution in [2.45, 2.75) is 33.7 Å². The monoisotopic (exact) mass is 375 g/mol. The van der Waals surface area contributed by atoms with Gasteiger partial charge in [-0.3, -0.25) is 9.74 Å². The van der Waals surface area contributed by atoms with Gasteiger partial charge >= 0.3 is 0 Å². The summed E-state index contributed by atoms with van der Waals surface area (Å²) in [6.07, 6.45) is 0. The topological polar surface area (TPSA) is 72.5 Å². The van der Waals surface area contributed by atoms with E-state index in [-0.39, 0.29) is 17.7 Å². The molecule has 0 bridgehead atoms. The zero-order valence-electron chi connectivity index (χ0n) is 16.1. The molecule has 6 nitrogen and oxygen atoms in total. The number of carbonyl (C=O) groups is 1.